The van der Waals surface area contributed by atoms with Crippen molar-refractivity contribution in [2.24, 2.45) is 0 Å². The molecule has 0 unspecified atom stereocenters. The van der Waals surface area contributed by atoms with Crippen molar-refractivity contribution >= 4 is 28.2 Å². The molecule has 1 aromatic heterocycles. The Bertz CT molecular complexity index is 923. The highest BCUT2D eigenvalue weighted by Crippen LogP contribution is 2.30. The van der Waals surface area contributed by atoms with E-state index < -0.39 is 4.92 Å². The maximum Gasteiger partial charge on any atom is 0.278 e. The van der Waals surface area contributed by atoms with E-state index in [1.165, 1.54) is 18.3 Å². The molecule has 0 spiro atoms. The van der Waals surface area contributed by atoms with Crippen LogP contribution < -0.4 is 10.1 Å². The van der Waals surface area contributed by atoms with Crippen LogP contribution in [0, 0.1) is 10.1 Å². The van der Waals surface area contributed by atoms with Crippen LogP contribution in [0.4, 0.5) is 11.4 Å². The molecular weight excluding hydrogens is 310 g/mol. The second kappa shape index (κ2) is 6.33. The zero-order valence-corrected chi connectivity index (χ0v) is 12.7. The van der Waals surface area contributed by atoms with Gasteiger partial charge < -0.3 is 10.1 Å². The largest absolute Gasteiger partial charge is 0.497 e. The normalized spacial score (nSPS) is 10.4. The van der Waals surface area contributed by atoms with E-state index >= 15 is 0 Å². The predicted octanol–water partition coefficient (Wildman–Crippen LogP) is 3.40. The Labute approximate surface area is 137 Å². The fourth-order valence-corrected chi connectivity index (χ4v) is 2.35. The number of carbonyl (C=O) groups excluding carboxylic acids is 1. The number of hydrogen-bond acceptors (Lipinski definition) is 5. The van der Waals surface area contributed by atoms with Crippen LogP contribution in [0.1, 0.15) is 10.4 Å². The second-order valence-corrected chi connectivity index (χ2v) is 4.97. The molecule has 1 N–H and O–H groups in total. The Balaban J connectivity index is 1.96. The minimum absolute atomic E-state index is 0.0550. The van der Waals surface area contributed by atoms with E-state index in [2.05, 4.69) is 10.3 Å². The van der Waals surface area contributed by atoms with E-state index in [0.29, 0.717) is 27.9 Å². The molecule has 3 rings (SSSR count). The van der Waals surface area contributed by atoms with Crippen LogP contribution in [0.15, 0.2) is 54.7 Å². The average molecular weight is 323 g/mol. The van der Waals surface area contributed by atoms with Crippen LogP contribution in [-0.2, 0) is 0 Å². The summed E-state index contributed by atoms with van der Waals surface area (Å²) in [6.45, 7) is 0. The smallest absolute Gasteiger partial charge is 0.278 e. The summed E-state index contributed by atoms with van der Waals surface area (Å²) in [6, 6.07) is 12.7. The number of non-ortho nitro benzene ring substituents is 1. The minimum atomic E-state index is -0.473. The molecule has 1 amide bonds. The number of anilines is 1. The van der Waals surface area contributed by atoms with E-state index in [4.69, 9.17) is 4.74 Å². The standard InChI is InChI=1S/C17H13N3O4/c1-24-12-6-4-11(5-7-12)17(21)19-14-8-9-15(20(22)23)13-3-2-10-18-16(13)14/h2-10H,1H3,(H,19,21). The number of methoxy groups -OCH3 is 1. The molecule has 0 aliphatic carbocycles. The second-order valence-electron chi connectivity index (χ2n) is 4.97. The molecule has 0 saturated carbocycles. The van der Waals surface area contributed by atoms with Crippen molar-refractivity contribution in [1.82, 2.24) is 4.98 Å². The lowest BCUT2D eigenvalue weighted by molar-refractivity contribution is -0.383. The first-order chi connectivity index (χ1) is 11.6. The Morgan fingerprint density at radius 1 is 1.17 bits per heavy atom. The van der Waals surface area contributed by atoms with Crippen molar-refractivity contribution in [3.05, 3.63) is 70.4 Å². The first-order valence-electron chi connectivity index (χ1n) is 7.07. The van der Waals surface area contributed by atoms with Crippen molar-refractivity contribution in [1.29, 1.82) is 0 Å². The lowest BCUT2D eigenvalue weighted by Gasteiger charge is -2.09. The van der Waals surface area contributed by atoms with Crippen LogP contribution in [0.5, 0.6) is 5.75 Å². The van der Waals surface area contributed by atoms with Gasteiger partial charge in [0.2, 0.25) is 0 Å². The van der Waals surface area contributed by atoms with E-state index in [-0.39, 0.29) is 11.6 Å². The molecule has 0 bridgehead atoms. The van der Waals surface area contributed by atoms with E-state index in [1.54, 1.807) is 43.5 Å². The molecule has 7 nitrogen and oxygen atoms in total. The maximum atomic E-state index is 12.4. The summed E-state index contributed by atoms with van der Waals surface area (Å²) < 4.78 is 5.05. The highest BCUT2D eigenvalue weighted by atomic mass is 16.6. The van der Waals surface area contributed by atoms with Gasteiger partial charge in [-0.15, -0.1) is 0 Å². The van der Waals surface area contributed by atoms with Gasteiger partial charge in [-0.1, -0.05) is 0 Å². The number of aromatic nitrogens is 1. The summed E-state index contributed by atoms with van der Waals surface area (Å²) in [5.41, 5.74) is 1.17. The fraction of sp³-hybridized carbons (Fsp3) is 0.0588. The van der Waals surface area contributed by atoms with Crippen LogP contribution >= 0.6 is 0 Å². The molecule has 1 heterocycles. The van der Waals surface area contributed by atoms with Gasteiger partial charge in [0.05, 0.1) is 23.1 Å². The van der Waals surface area contributed by atoms with Crippen molar-refractivity contribution < 1.29 is 14.5 Å². The molecular formula is C17H13N3O4. The Morgan fingerprint density at radius 2 is 1.92 bits per heavy atom. The van der Waals surface area contributed by atoms with Crippen LogP contribution in [0.25, 0.3) is 10.9 Å². The molecule has 0 saturated heterocycles. The lowest BCUT2D eigenvalue weighted by Crippen LogP contribution is -2.12. The molecule has 0 radical (unpaired) electrons. The van der Waals surface area contributed by atoms with Gasteiger partial charge in [-0.25, -0.2) is 0 Å². The molecule has 24 heavy (non-hydrogen) atoms. The number of nitrogens with one attached hydrogen (secondary N) is 1. The third kappa shape index (κ3) is 2.87. The van der Waals surface area contributed by atoms with Gasteiger partial charge in [-0.05, 0) is 42.5 Å². The van der Waals surface area contributed by atoms with Gasteiger partial charge in [0.1, 0.15) is 11.3 Å². The summed E-state index contributed by atoms with van der Waals surface area (Å²) >= 11 is 0. The van der Waals surface area contributed by atoms with Crippen molar-refractivity contribution in [2.75, 3.05) is 12.4 Å². The molecule has 7 heteroatoms. The summed E-state index contributed by atoms with van der Waals surface area (Å²) in [6.07, 6.45) is 1.52. The number of pyridine rings is 1. The van der Waals surface area contributed by atoms with Crippen molar-refractivity contribution in [2.45, 2.75) is 0 Å². The molecule has 0 aliphatic heterocycles. The quantitative estimate of drug-likeness (QED) is 0.586. The number of nitro groups is 1. The van der Waals surface area contributed by atoms with Gasteiger partial charge in [-0.2, -0.15) is 0 Å². The minimum Gasteiger partial charge on any atom is -0.497 e. The molecule has 2 aromatic carbocycles. The molecule has 0 aliphatic rings. The molecule has 3 aromatic rings. The zero-order valence-electron chi connectivity index (χ0n) is 12.7. The number of hydrogen-bond donors (Lipinski definition) is 1. The third-order valence-corrected chi connectivity index (χ3v) is 3.54. The van der Waals surface area contributed by atoms with Gasteiger partial charge in [-0.3, -0.25) is 19.9 Å². The first-order valence-corrected chi connectivity index (χ1v) is 7.07. The predicted molar refractivity (Wildman–Crippen MR) is 89.3 cm³/mol. The van der Waals surface area contributed by atoms with Crippen LogP contribution in [-0.4, -0.2) is 22.9 Å². The third-order valence-electron chi connectivity index (χ3n) is 3.54. The van der Waals surface area contributed by atoms with E-state index in [1.807, 2.05) is 0 Å². The van der Waals surface area contributed by atoms with Gasteiger partial charge in [0.15, 0.2) is 0 Å². The van der Waals surface area contributed by atoms with E-state index in [0.717, 1.165) is 0 Å². The Kier molecular flexibility index (Phi) is 4.07. The van der Waals surface area contributed by atoms with Crippen molar-refractivity contribution in [3.63, 3.8) is 0 Å². The topological polar surface area (TPSA) is 94.4 Å². The van der Waals surface area contributed by atoms with Gasteiger partial charge in [0, 0.05) is 17.8 Å². The highest BCUT2D eigenvalue weighted by molar-refractivity contribution is 6.09. The Hall–Kier alpha value is -3.48. The number of nitrogens with zero attached hydrogens (tertiary/aromatic N) is 2. The SMILES string of the molecule is COc1ccc(C(=O)Nc2ccc([N+](=O)[O-])c3cccnc23)cc1. The van der Waals surface area contributed by atoms with E-state index in [9.17, 15) is 14.9 Å². The molecule has 0 atom stereocenters. The Morgan fingerprint density at radius 3 is 2.58 bits per heavy atom. The van der Waals surface area contributed by atoms with Crippen LogP contribution in [0.2, 0.25) is 0 Å². The number of rotatable bonds is 4. The number of nitro benzene ring substituents is 1. The summed E-state index contributed by atoms with van der Waals surface area (Å²) in [7, 11) is 1.55. The number of ether oxygens (including phenoxy) is 1. The average Bonchev–Trinajstić information content (AvgIpc) is 2.61. The van der Waals surface area contributed by atoms with Gasteiger partial charge >= 0.3 is 0 Å². The van der Waals surface area contributed by atoms with Crippen LogP contribution in [0.3, 0.4) is 0 Å². The number of carbonyl (C=O) groups is 1. The zero-order chi connectivity index (χ0) is 17.1. The van der Waals surface area contributed by atoms with Crippen molar-refractivity contribution in [3.8, 4) is 5.75 Å². The number of benzene rings is 2. The van der Waals surface area contributed by atoms with Gasteiger partial charge in [0.25, 0.3) is 11.6 Å². The molecule has 0 fully saturated rings. The fourth-order valence-electron chi connectivity index (χ4n) is 2.35. The highest BCUT2D eigenvalue weighted by Gasteiger charge is 2.16. The monoisotopic (exact) mass is 323 g/mol. The number of amides is 1. The summed E-state index contributed by atoms with van der Waals surface area (Å²) in [5.74, 6) is 0.312. The summed E-state index contributed by atoms with van der Waals surface area (Å²) in [5, 5.41) is 14.2. The summed E-state index contributed by atoms with van der Waals surface area (Å²) in [4.78, 5) is 27.2. The lowest BCUT2D eigenvalue weighted by atomic mass is 10.1. The maximum absolute atomic E-state index is 12.4. The first kappa shape index (κ1) is 15.4. The number of fused-ring (bicyclic) bond motifs is 1. The molecule has 120 valence electrons.